The molecule has 0 atom stereocenters. The molecule has 1 N–H and O–H groups in total. The van der Waals surface area contributed by atoms with Crippen LogP contribution in [0.5, 0.6) is 0 Å². The summed E-state index contributed by atoms with van der Waals surface area (Å²) in [5, 5.41) is 21.8. The molecule has 0 aliphatic rings. The van der Waals surface area contributed by atoms with Crippen LogP contribution in [0.1, 0.15) is 0 Å². The SMILES string of the molecule is c1ccc(-c2cc(-c3cnn(-c4nn[nH]n4)c3)on2)cc1. The minimum atomic E-state index is 0.365. The first kappa shape index (κ1) is 11.5. The van der Waals surface area contributed by atoms with E-state index in [4.69, 9.17) is 4.52 Å². The summed E-state index contributed by atoms with van der Waals surface area (Å²) >= 11 is 0. The molecule has 0 spiro atoms. The minimum Gasteiger partial charge on any atom is -0.356 e. The van der Waals surface area contributed by atoms with Gasteiger partial charge in [-0.2, -0.15) is 10.3 Å². The fraction of sp³-hybridized carbons (Fsp3) is 0. The highest BCUT2D eigenvalue weighted by atomic mass is 16.5. The van der Waals surface area contributed by atoms with Crippen molar-refractivity contribution >= 4 is 0 Å². The number of H-pyrrole nitrogens is 1. The van der Waals surface area contributed by atoms with Crippen molar-refractivity contribution in [3.63, 3.8) is 0 Å². The average Bonchev–Trinajstić information content (AvgIpc) is 3.27. The summed E-state index contributed by atoms with van der Waals surface area (Å²) in [7, 11) is 0. The van der Waals surface area contributed by atoms with Gasteiger partial charge in [0.05, 0.1) is 11.8 Å². The quantitative estimate of drug-likeness (QED) is 0.613. The van der Waals surface area contributed by atoms with E-state index >= 15 is 0 Å². The van der Waals surface area contributed by atoms with Gasteiger partial charge in [0.2, 0.25) is 0 Å². The van der Waals surface area contributed by atoms with Crippen molar-refractivity contribution in [3.05, 3.63) is 48.8 Å². The molecule has 8 heteroatoms. The smallest absolute Gasteiger partial charge is 0.290 e. The molecule has 0 amide bonds. The van der Waals surface area contributed by atoms with Gasteiger partial charge in [-0.1, -0.05) is 40.6 Å². The predicted octanol–water partition coefficient (Wildman–Crippen LogP) is 1.71. The van der Waals surface area contributed by atoms with Gasteiger partial charge in [0.25, 0.3) is 5.95 Å². The zero-order chi connectivity index (χ0) is 14.1. The summed E-state index contributed by atoms with van der Waals surface area (Å²) in [6.07, 6.45) is 3.41. The van der Waals surface area contributed by atoms with Gasteiger partial charge in [-0.3, -0.25) is 0 Å². The van der Waals surface area contributed by atoms with E-state index in [0.717, 1.165) is 16.8 Å². The number of tetrazole rings is 1. The monoisotopic (exact) mass is 279 g/mol. The average molecular weight is 279 g/mol. The van der Waals surface area contributed by atoms with Gasteiger partial charge in [0.1, 0.15) is 5.69 Å². The van der Waals surface area contributed by atoms with E-state index in [0.29, 0.717) is 11.7 Å². The van der Waals surface area contributed by atoms with Crippen molar-refractivity contribution < 1.29 is 4.52 Å². The Balaban J connectivity index is 1.67. The maximum atomic E-state index is 5.37. The number of benzene rings is 1. The first-order valence-corrected chi connectivity index (χ1v) is 6.21. The summed E-state index contributed by atoms with van der Waals surface area (Å²) in [6, 6.07) is 11.7. The molecule has 0 radical (unpaired) electrons. The largest absolute Gasteiger partial charge is 0.356 e. The Labute approximate surface area is 118 Å². The van der Waals surface area contributed by atoms with Crippen molar-refractivity contribution in [1.82, 2.24) is 35.6 Å². The first-order chi connectivity index (χ1) is 10.4. The van der Waals surface area contributed by atoms with Gasteiger partial charge in [-0.25, -0.2) is 4.68 Å². The van der Waals surface area contributed by atoms with Gasteiger partial charge >= 0.3 is 0 Å². The summed E-state index contributed by atoms with van der Waals surface area (Å²) in [5.41, 5.74) is 2.56. The summed E-state index contributed by atoms with van der Waals surface area (Å²) in [6.45, 7) is 0. The molecule has 3 aromatic heterocycles. The Morgan fingerprint density at radius 2 is 2.00 bits per heavy atom. The molecule has 0 fully saturated rings. The molecule has 102 valence electrons. The third-order valence-corrected chi connectivity index (χ3v) is 2.99. The van der Waals surface area contributed by atoms with Gasteiger partial charge < -0.3 is 4.52 Å². The van der Waals surface area contributed by atoms with Crippen molar-refractivity contribution in [1.29, 1.82) is 0 Å². The second-order valence-corrected chi connectivity index (χ2v) is 4.33. The second-order valence-electron chi connectivity index (χ2n) is 4.33. The maximum Gasteiger partial charge on any atom is 0.290 e. The summed E-state index contributed by atoms with van der Waals surface area (Å²) in [4.78, 5) is 0. The minimum absolute atomic E-state index is 0.365. The Hall–Kier alpha value is -3.29. The van der Waals surface area contributed by atoms with Crippen LogP contribution in [0.25, 0.3) is 28.5 Å². The molecular formula is C13H9N7O. The van der Waals surface area contributed by atoms with Crippen molar-refractivity contribution in [2.24, 2.45) is 0 Å². The van der Waals surface area contributed by atoms with E-state index < -0.39 is 0 Å². The van der Waals surface area contributed by atoms with Gasteiger partial charge in [-0.05, 0) is 5.21 Å². The predicted molar refractivity (Wildman–Crippen MR) is 72.2 cm³/mol. The van der Waals surface area contributed by atoms with Crippen LogP contribution in [0.2, 0.25) is 0 Å². The highest BCUT2D eigenvalue weighted by molar-refractivity contribution is 5.65. The number of hydrogen-bond acceptors (Lipinski definition) is 6. The second kappa shape index (κ2) is 4.67. The standard InChI is InChI=1S/C13H9N7O/c1-2-4-9(5-3-1)11-6-12(21-17-11)10-7-14-20(8-10)13-15-18-19-16-13/h1-8H,(H,15,16,18,19). The molecule has 0 aliphatic carbocycles. The molecule has 0 unspecified atom stereocenters. The van der Waals surface area contributed by atoms with E-state index in [9.17, 15) is 0 Å². The first-order valence-electron chi connectivity index (χ1n) is 6.21. The molecule has 4 rings (SSSR count). The Bertz CT molecular complexity index is 848. The van der Waals surface area contributed by atoms with E-state index in [1.807, 2.05) is 36.4 Å². The lowest BCUT2D eigenvalue weighted by Crippen LogP contribution is -1.96. The molecule has 0 aliphatic heterocycles. The lowest BCUT2D eigenvalue weighted by atomic mass is 10.1. The van der Waals surface area contributed by atoms with Gasteiger partial charge in [0, 0.05) is 17.8 Å². The van der Waals surface area contributed by atoms with Crippen LogP contribution in [0.4, 0.5) is 0 Å². The lowest BCUT2D eigenvalue weighted by molar-refractivity contribution is 0.435. The number of nitrogens with one attached hydrogen (secondary N) is 1. The van der Waals surface area contributed by atoms with E-state index in [1.165, 1.54) is 4.68 Å². The third-order valence-electron chi connectivity index (χ3n) is 2.99. The van der Waals surface area contributed by atoms with Gasteiger partial charge in [0.15, 0.2) is 5.76 Å². The van der Waals surface area contributed by atoms with Crippen LogP contribution in [-0.2, 0) is 0 Å². The Kier molecular flexibility index (Phi) is 2.57. The summed E-state index contributed by atoms with van der Waals surface area (Å²) in [5.74, 6) is 0.993. The lowest BCUT2D eigenvalue weighted by Gasteiger charge is -1.91. The van der Waals surface area contributed by atoms with Crippen LogP contribution in [0.3, 0.4) is 0 Å². The molecule has 0 saturated heterocycles. The van der Waals surface area contributed by atoms with Gasteiger partial charge in [-0.15, -0.1) is 5.10 Å². The fourth-order valence-corrected chi connectivity index (χ4v) is 1.97. The molecule has 21 heavy (non-hydrogen) atoms. The topological polar surface area (TPSA) is 98.3 Å². The van der Waals surface area contributed by atoms with Crippen LogP contribution >= 0.6 is 0 Å². The summed E-state index contributed by atoms with van der Waals surface area (Å²) < 4.78 is 6.87. The molecular weight excluding hydrogens is 270 g/mol. The number of aromatic amines is 1. The van der Waals surface area contributed by atoms with Crippen LogP contribution in [0.15, 0.2) is 53.3 Å². The molecule has 4 aromatic rings. The number of hydrogen-bond donors (Lipinski definition) is 1. The molecule has 1 aromatic carbocycles. The Morgan fingerprint density at radius 3 is 2.81 bits per heavy atom. The number of nitrogens with zero attached hydrogens (tertiary/aromatic N) is 6. The van der Waals surface area contributed by atoms with Crippen LogP contribution in [0, 0.1) is 0 Å². The zero-order valence-corrected chi connectivity index (χ0v) is 10.7. The van der Waals surface area contributed by atoms with Crippen LogP contribution < -0.4 is 0 Å². The molecule has 0 saturated carbocycles. The zero-order valence-electron chi connectivity index (χ0n) is 10.7. The molecule has 0 bridgehead atoms. The molecule has 8 nitrogen and oxygen atoms in total. The van der Waals surface area contributed by atoms with Crippen LogP contribution in [-0.4, -0.2) is 35.6 Å². The Morgan fingerprint density at radius 1 is 1.10 bits per heavy atom. The van der Waals surface area contributed by atoms with Crippen molar-refractivity contribution in [2.45, 2.75) is 0 Å². The highest BCUT2D eigenvalue weighted by Gasteiger charge is 2.12. The third kappa shape index (κ3) is 2.08. The van der Waals surface area contributed by atoms with Crippen molar-refractivity contribution in [3.8, 4) is 28.5 Å². The number of aromatic nitrogens is 7. The molecule has 3 heterocycles. The fourth-order valence-electron chi connectivity index (χ4n) is 1.97. The highest BCUT2D eigenvalue weighted by Crippen LogP contribution is 2.25. The number of rotatable bonds is 3. The van der Waals surface area contributed by atoms with E-state index in [-0.39, 0.29) is 0 Å². The van der Waals surface area contributed by atoms with Crippen molar-refractivity contribution in [2.75, 3.05) is 0 Å². The van der Waals surface area contributed by atoms with E-state index in [1.54, 1.807) is 12.4 Å². The normalized spacial score (nSPS) is 10.9. The van der Waals surface area contributed by atoms with E-state index in [2.05, 4.69) is 30.9 Å². The maximum absolute atomic E-state index is 5.37.